The van der Waals surface area contributed by atoms with Gasteiger partial charge in [-0.2, -0.15) is 0 Å². The van der Waals surface area contributed by atoms with Crippen LogP contribution in [0.3, 0.4) is 0 Å². The minimum absolute atomic E-state index is 0.101. The van der Waals surface area contributed by atoms with Crippen molar-refractivity contribution >= 4 is 108 Å². The highest BCUT2D eigenvalue weighted by atomic mass is 28.3. The SMILES string of the molecule is [2H]c1c([2H])c([2H])c2c(c1[2H])c1c([2H])c(-c3ccccc3)c([2H])c([2H])c1n2-c1ccc2c(c1)N(c1c(-c3ccccc3)cc(C(C)(C)C)cc1-c1ccccc1)c1cc(-c3cc(C(C)(C)C)cc(C(C)(C)C)c3)cc3c1B2c1cc(-c2ccc([Si](c4ccccc4)(c4ccccc4)c4ccccc4)cc2)ccc1N3c1c(-c2ccccc2)cc(C(C)(C)C)cc1-c1ccccc1. The molecule has 0 fully saturated rings. The number of rotatable bonds is 14. The second kappa shape index (κ2) is 30.5. The van der Waals surface area contributed by atoms with E-state index in [0.29, 0.717) is 11.3 Å². The van der Waals surface area contributed by atoms with Gasteiger partial charge in [0.15, 0.2) is 8.07 Å². The summed E-state index contributed by atoms with van der Waals surface area (Å²) in [5.41, 5.74) is 25.9. The van der Waals surface area contributed by atoms with Crippen LogP contribution in [0.5, 0.6) is 0 Å². The molecule has 0 saturated carbocycles. The van der Waals surface area contributed by atoms with Gasteiger partial charge in [0.1, 0.15) is 0 Å². The molecular formula is C118H102BN3Si. The van der Waals surface area contributed by atoms with Gasteiger partial charge >= 0.3 is 0 Å². The van der Waals surface area contributed by atoms with Crippen LogP contribution in [-0.2, 0) is 21.7 Å². The van der Waals surface area contributed by atoms with E-state index in [9.17, 15) is 9.60 Å². The molecule has 2 aliphatic heterocycles. The van der Waals surface area contributed by atoms with E-state index in [-0.39, 0.29) is 79.2 Å². The van der Waals surface area contributed by atoms with Gasteiger partial charge in [-0.25, -0.2) is 0 Å². The zero-order valence-corrected chi connectivity index (χ0v) is 73.0. The Morgan fingerprint density at radius 3 is 1.07 bits per heavy atom. The van der Waals surface area contributed by atoms with Crippen LogP contribution in [0.1, 0.15) is 115 Å². The van der Waals surface area contributed by atoms with Crippen molar-refractivity contribution in [3.05, 3.63) is 422 Å². The molecule has 0 spiro atoms. The first-order valence-electron chi connectivity index (χ1n) is 46.7. The highest BCUT2D eigenvalue weighted by Gasteiger charge is 2.47. The Morgan fingerprint density at radius 1 is 0.260 bits per heavy atom. The molecule has 3 nitrogen and oxygen atoms in total. The smallest absolute Gasteiger partial charge is 0.252 e. The predicted molar refractivity (Wildman–Crippen MR) is 531 cm³/mol. The Hall–Kier alpha value is -13.6. The molecule has 0 radical (unpaired) electrons. The second-order valence-electron chi connectivity index (χ2n) is 37.5. The zero-order valence-electron chi connectivity index (χ0n) is 79.0. The summed E-state index contributed by atoms with van der Waals surface area (Å²) < 4.78 is 72.2. The molecule has 596 valence electrons. The van der Waals surface area contributed by atoms with E-state index in [4.69, 9.17) is 0 Å². The highest BCUT2D eigenvalue weighted by molar-refractivity contribution is 7.20. The minimum Gasteiger partial charge on any atom is -0.310 e. The maximum Gasteiger partial charge on any atom is 0.252 e. The first kappa shape index (κ1) is 70.1. The van der Waals surface area contributed by atoms with E-state index >= 15 is 0 Å². The van der Waals surface area contributed by atoms with Crippen molar-refractivity contribution in [1.29, 1.82) is 0 Å². The van der Waals surface area contributed by atoms with Gasteiger partial charge in [0.2, 0.25) is 0 Å². The fourth-order valence-corrected chi connectivity index (χ4v) is 23.8. The molecule has 123 heavy (non-hydrogen) atoms. The average molecular weight is 1610 g/mol. The van der Waals surface area contributed by atoms with Crippen LogP contribution in [0.15, 0.2) is 400 Å². The van der Waals surface area contributed by atoms with Gasteiger partial charge in [0.05, 0.1) is 32.0 Å². The number of hydrogen-bond donors (Lipinski definition) is 0. The summed E-state index contributed by atoms with van der Waals surface area (Å²) in [6, 6.07) is 129. The van der Waals surface area contributed by atoms with E-state index in [0.717, 1.165) is 123 Å². The van der Waals surface area contributed by atoms with Crippen LogP contribution in [0.2, 0.25) is 0 Å². The van der Waals surface area contributed by atoms with Crippen molar-refractivity contribution in [2.24, 2.45) is 0 Å². The number of anilines is 6. The molecule has 0 N–H and O–H groups in total. The maximum atomic E-state index is 10.5. The van der Waals surface area contributed by atoms with E-state index in [1.54, 1.807) is 4.57 Å². The number of aromatic nitrogens is 1. The molecule has 0 bridgehead atoms. The van der Waals surface area contributed by atoms with E-state index in [1.165, 1.54) is 37.4 Å². The lowest BCUT2D eigenvalue weighted by Gasteiger charge is -2.46. The van der Waals surface area contributed by atoms with Crippen LogP contribution >= 0.6 is 0 Å². The summed E-state index contributed by atoms with van der Waals surface area (Å²) in [4.78, 5) is 5.17. The second-order valence-corrected chi connectivity index (χ2v) is 41.3. The van der Waals surface area contributed by atoms with Gasteiger partial charge in [-0.05, 0) is 209 Å². The minimum atomic E-state index is -3.00. The average Bonchev–Trinajstić information content (AvgIpc) is 0.915. The largest absolute Gasteiger partial charge is 0.310 e. The molecule has 0 aliphatic carbocycles. The summed E-state index contributed by atoms with van der Waals surface area (Å²) in [6.07, 6.45) is 0. The zero-order chi connectivity index (χ0) is 90.4. The fourth-order valence-electron chi connectivity index (χ4n) is 19.1. The lowest BCUT2D eigenvalue weighted by molar-refractivity contribution is 0.569. The Kier molecular flexibility index (Phi) is 17.4. The van der Waals surface area contributed by atoms with Gasteiger partial charge in [-0.3, -0.25) is 0 Å². The van der Waals surface area contributed by atoms with Crippen LogP contribution in [0.25, 0.3) is 105 Å². The first-order valence-corrected chi connectivity index (χ1v) is 45.2. The maximum absolute atomic E-state index is 10.5. The van der Waals surface area contributed by atoms with Crippen molar-refractivity contribution in [2.45, 2.75) is 105 Å². The van der Waals surface area contributed by atoms with Crippen LogP contribution in [0, 0.1) is 0 Å². The molecule has 18 aromatic rings. The Morgan fingerprint density at radius 2 is 0.626 bits per heavy atom. The Labute approximate surface area is 737 Å². The van der Waals surface area contributed by atoms with Crippen molar-refractivity contribution in [3.63, 3.8) is 0 Å². The van der Waals surface area contributed by atoms with Gasteiger partial charge in [0, 0.05) is 61.5 Å². The summed E-state index contributed by atoms with van der Waals surface area (Å²) in [6.45, 7) is 27.1. The van der Waals surface area contributed by atoms with Crippen LogP contribution in [0.4, 0.5) is 34.1 Å². The third-order valence-corrected chi connectivity index (χ3v) is 30.3. The third-order valence-electron chi connectivity index (χ3n) is 25.5. The summed E-state index contributed by atoms with van der Waals surface area (Å²) >= 11 is 0. The topological polar surface area (TPSA) is 11.4 Å². The Balaban J connectivity index is 0.983. The molecule has 0 amide bonds. The lowest BCUT2D eigenvalue weighted by Crippen LogP contribution is -2.74. The summed E-state index contributed by atoms with van der Waals surface area (Å²) in [5, 5.41) is 5.38. The molecule has 0 unspecified atom stereocenters. The molecule has 20 rings (SSSR count). The number of fused-ring (bicyclic) bond motifs is 7. The quantitative estimate of drug-likeness (QED) is 0.0794. The van der Waals surface area contributed by atoms with Crippen molar-refractivity contribution in [3.8, 4) is 83.6 Å². The molecular weight excluding hydrogens is 1500 g/mol. The normalized spacial score (nSPS) is 13.6. The monoisotopic (exact) mass is 1610 g/mol. The van der Waals surface area contributed by atoms with Gasteiger partial charge in [-0.1, -0.05) is 411 Å². The standard InChI is InChI=1S/C118H102BN3Si/c1-115(2,3)89-67-87(68-90(73-89)116(4,5)6)88-71-110-112-111(72-88)122(114-101(83-45-27-16-28-46-83)76-92(118(10,11)12)77-102(114)84-47-29-17-30-48-84)109-78-93(120-106-56-38-37-55-98(106)103-69-85(59-65-107(103)120)79-39-21-13-22-40-79)61-64-104(109)119(112)105-70-86(80-57-62-97(63-58-80)123(94-49-31-18-32-50-94,95-51-33-19-34-52-95)96-53-35-20-36-54-96)60-66-108(105)121(110)113-99(81-41-23-14-24-42-81)74-91(117(7,8)9)75-100(113)82-43-25-15-26-44-82/h13-78H,1-12H3/i37D,38D,55D,56D,59D,65D,69D. The van der Waals surface area contributed by atoms with Crippen molar-refractivity contribution in [1.82, 2.24) is 4.57 Å². The van der Waals surface area contributed by atoms with Gasteiger partial charge < -0.3 is 14.4 Å². The van der Waals surface area contributed by atoms with Crippen molar-refractivity contribution < 1.29 is 9.60 Å². The van der Waals surface area contributed by atoms with Crippen LogP contribution < -0.4 is 46.9 Å². The third kappa shape index (κ3) is 13.8. The molecule has 1 aromatic heterocycles. The van der Waals surface area contributed by atoms with E-state index in [1.807, 2.05) is 30.3 Å². The number of hydrogen-bond acceptors (Lipinski definition) is 2. The highest BCUT2D eigenvalue weighted by Crippen LogP contribution is 2.56. The Bertz CT molecular complexity index is 7240. The molecule has 0 atom stereocenters. The lowest BCUT2D eigenvalue weighted by atomic mass is 9.33. The van der Waals surface area contributed by atoms with E-state index < -0.39 is 26.9 Å². The molecule has 3 heterocycles. The fraction of sp³-hybridized carbons (Fsp3) is 0.136. The molecule has 17 aromatic carbocycles. The molecule has 5 heteroatoms. The van der Waals surface area contributed by atoms with Gasteiger partial charge in [0.25, 0.3) is 6.71 Å². The number of para-hydroxylation sites is 1. The van der Waals surface area contributed by atoms with E-state index in [2.05, 4.69) is 420 Å². The molecule has 0 saturated heterocycles. The predicted octanol–water partition coefficient (Wildman–Crippen LogP) is 27.1. The summed E-state index contributed by atoms with van der Waals surface area (Å²) in [7, 11) is -3.00. The number of benzene rings is 17. The van der Waals surface area contributed by atoms with Crippen LogP contribution in [-0.4, -0.2) is 19.4 Å². The number of nitrogens with zero attached hydrogens (tertiary/aromatic N) is 3. The van der Waals surface area contributed by atoms with Crippen molar-refractivity contribution in [2.75, 3.05) is 9.80 Å². The van der Waals surface area contributed by atoms with Gasteiger partial charge in [-0.15, -0.1) is 0 Å². The molecule has 2 aliphatic rings. The first-order chi connectivity index (χ1) is 62.5. The summed E-state index contributed by atoms with van der Waals surface area (Å²) in [5.74, 6) is 0.